The van der Waals surface area contributed by atoms with Gasteiger partial charge in [0.1, 0.15) is 0 Å². The Hall–Kier alpha value is -2.00. The Morgan fingerprint density at radius 2 is 1.95 bits per heavy atom. The van der Waals surface area contributed by atoms with Crippen LogP contribution in [0.2, 0.25) is 5.02 Å². The molecule has 21 heavy (non-hydrogen) atoms. The summed E-state index contributed by atoms with van der Waals surface area (Å²) in [6.07, 6.45) is 0.982. The van der Waals surface area contributed by atoms with Crippen LogP contribution in [0.1, 0.15) is 12.5 Å². The summed E-state index contributed by atoms with van der Waals surface area (Å²) in [6.45, 7) is 2.48. The van der Waals surface area contributed by atoms with Crippen molar-refractivity contribution in [3.05, 3.63) is 59.1 Å². The van der Waals surface area contributed by atoms with Gasteiger partial charge in [0.05, 0.1) is 17.3 Å². The molecule has 1 aliphatic heterocycles. The van der Waals surface area contributed by atoms with Gasteiger partial charge in [-0.05, 0) is 37.1 Å². The zero-order chi connectivity index (χ0) is 14.8. The zero-order valence-corrected chi connectivity index (χ0v) is 12.6. The van der Waals surface area contributed by atoms with Gasteiger partial charge in [-0.3, -0.25) is 4.79 Å². The van der Waals surface area contributed by atoms with Gasteiger partial charge >= 0.3 is 0 Å². The lowest BCUT2D eigenvalue weighted by Gasteiger charge is -2.24. The fourth-order valence-electron chi connectivity index (χ4n) is 2.78. The number of para-hydroxylation sites is 2. The molecule has 0 radical (unpaired) electrons. The lowest BCUT2D eigenvalue weighted by molar-refractivity contribution is -0.115. The van der Waals surface area contributed by atoms with Crippen molar-refractivity contribution in [1.82, 2.24) is 0 Å². The van der Waals surface area contributed by atoms with Crippen molar-refractivity contribution in [3.63, 3.8) is 0 Å². The number of anilines is 2. The second-order valence-electron chi connectivity index (χ2n) is 5.34. The van der Waals surface area contributed by atoms with Gasteiger partial charge in [0.2, 0.25) is 5.91 Å². The van der Waals surface area contributed by atoms with E-state index in [-0.39, 0.29) is 5.91 Å². The Balaban J connectivity index is 1.72. The van der Waals surface area contributed by atoms with Gasteiger partial charge in [-0.15, -0.1) is 0 Å². The summed E-state index contributed by atoms with van der Waals surface area (Å²) in [5, 5.41) is 3.43. The van der Waals surface area contributed by atoms with Gasteiger partial charge in [0.25, 0.3) is 0 Å². The fraction of sp³-hybridized carbons (Fsp3) is 0.235. The Bertz CT molecular complexity index is 671. The molecule has 3 nitrogen and oxygen atoms in total. The predicted octanol–water partition coefficient (Wildman–Crippen LogP) is 3.73. The van der Waals surface area contributed by atoms with E-state index in [9.17, 15) is 4.79 Å². The minimum Gasteiger partial charge on any atom is -0.359 e. The summed E-state index contributed by atoms with van der Waals surface area (Å²) < 4.78 is 0. The number of fused-ring (bicyclic) bond motifs is 1. The zero-order valence-electron chi connectivity index (χ0n) is 11.8. The lowest BCUT2D eigenvalue weighted by Crippen LogP contribution is -2.37. The maximum atomic E-state index is 12.3. The third-order valence-corrected chi connectivity index (χ3v) is 4.14. The molecule has 1 N–H and O–H groups in total. The average molecular weight is 301 g/mol. The quantitative estimate of drug-likeness (QED) is 0.937. The number of benzene rings is 2. The first-order valence-electron chi connectivity index (χ1n) is 7.04. The highest BCUT2D eigenvalue weighted by Gasteiger charge is 2.27. The third kappa shape index (κ3) is 2.88. The van der Waals surface area contributed by atoms with E-state index in [1.54, 1.807) is 6.07 Å². The molecular formula is C17H17ClN2O. The molecule has 1 unspecified atom stereocenters. The molecule has 0 fully saturated rings. The number of rotatable bonds is 3. The topological polar surface area (TPSA) is 32.3 Å². The standard InChI is InChI=1S/C17H17ClN2O/c1-12-10-13-6-2-5-9-16(13)20(12)11-17(21)19-15-8-4-3-7-14(15)18/h2-9,12H,10-11H2,1H3,(H,19,21). The molecule has 1 amide bonds. The van der Waals surface area contributed by atoms with Crippen molar-refractivity contribution in [1.29, 1.82) is 0 Å². The van der Waals surface area contributed by atoms with Crippen molar-refractivity contribution < 1.29 is 4.79 Å². The van der Waals surface area contributed by atoms with E-state index in [2.05, 4.69) is 29.3 Å². The Labute approximate surface area is 129 Å². The molecule has 0 saturated carbocycles. The SMILES string of the molecule is CC1Cc2ccccc2N1CC(=O)Nc1ccccc1Cl. The number of nitrogens with one attached hydrogen (secondary N) is 1. The largest absolute Gasteiger partial charge is 0.359 e. The molecule has 2 aromatic rings. The molecule has 1 atom stereocenters. The van der Waals surface area contributed by atoms with Crippen LogP contribution in [0.4, 0.5) is 11.4 Å². The van der Waals surface area contributed by atoms with Crippen LogP contribution in [-0.2, 0) is 11.2 Å². The van der Waals surface area contributed by atoms with Crippen LogP contribution >= 0.6 is 11.6 Å². The van der Waals surface area contributed by atoms with Crippen molar-refractivity contribution in [2.75, 3.05) is 16.8 Å². The van der Waals surface area contributed by atoms with E-state index in [0.29, 0.717) is 23.3 Å². The van der Waals surface area contributed by atoms with Gasteiger partial charge in [-0.1, -0.05) is 41.9 Å². The second kappa shape index (κ2) is 5.78. The summed E-state index contributed by atoms with van der Waals surface area (Å²) >= 11 is 6.07. The Morgan fingerprint density at radius 3 is 2.76 bits per heavy atom. The fourth-order valence-corrected chi connectivity index (χ4v) is 2.96. The number of halogens is 1. The van der Waals surface area contributed by atoms with Crippen molar-refractivity contribution in [2.45, 2.75) is 19.4 Å². The first-order valence-corrected chi connectivity index (χ1v) is 7.42. The van der Waals surface area contributed by atoms with Gasteiger partial charge in [0, 0.05) is 11.7 Å². The molecule has 0 aromatic heterocycles. The van der Waals surface area contributed by atoms with E-state index in [1.807, 2.05) is 30.3 Å². The minimum absolute atomic E-state index is 0.0494. The second-order valence-corrected chi connectivity index (χ2v) is 5.74. The Morgan fingerprint density at radius 1 is 1.24 bits per heavy atom. The molecule has 0 bridgehead atoms. The van der Waals surface area contributed by atoms with E-state index < -0.39 is 0 Å². The van der Waals surface area contributed by atoms with Crippen molar-refractivity contribution in [3.8, 4) is 0 Å². The summed E-state index contributed by atoms with van der Waals surface area (Å²) in [6, 6.07) is 15.9. The highest BCUT2D eigenvalue weighted by molar-refractivity contribution is 6.33. The van der Waals surface area contributed by atoms with Crippen molar-refractivity contribution in [2.24, 2.45) is 0 Å². The number of nitrogens with zero attached hydrogens (tertiary/aromatic N) is 1. The molecular weight excluding hydrogens is 284 g/mol. The maximum absolute atomic E-state index is 12.3. The molecule has 2 aromatic carbocycles. The number of hydrogen-bond acceptors (Lipinski definition) is 2. The van der Waals surface area contributed by atoms with E-state index in [0.717, 1.165) is 12.1 Å². The highest BCUT2D eigenvalue weighted by atomic mass is 35.5. The van der Waals surface area contributed by atoms with Gasteiger partial charge in [0.15, 0.2) is 0 Å². The van der Waals surface area contributed by atoms with E-state index in [1.165, 1.54) is 5.56 Å². The van der Waals surface area contributed by atoms with Crippen LogP contribution in [0, 0.1) is 0 Å². The van der Waals surface area contributed by atoms with Gasteiger partial charge in [-0.25, -0.2) is 0 Å². The molecule has 0 spiro atoms. The highest BCUT2D eigenvalue weighted by Crippen LogP contribution is 2.31. The molecule has 1 aliphatic rings. The monoisotopic (exact) mass is 300 g/mol. The molecule has 3 rings (SSSR count). The summed E-state index contributed by atoms with van der Waals surface area (Å²) in [4.78, 5) is 14.4. The van der Waals surface area contributed by atoms with E-state index in [4.69, 9.17) is 11.6 Å². The summed E-state index contributed by atoms with van der Waals surface area (Å²) in [7, 11) is 0. The van der Waals surface area contributed by atoms with Gasteiger partial charge in [-0.2, -0.15) is 0 Å². The average Bonchev–Trinajstić information content (AvgIpc) is 2.78. The van der Waals surface area contributed by atoms with E-state index >= 15 is 0 Å². The van der Waals surface area contributed by atoms with Crippen LogP contribution in [0.3, 0.4) is 0 Å². The molecule has 1 heterocycles. The number of carbonyl (C=O) groups excluding carboxylic acids is 1. The van der Waals surface area contributed by atoms with Crippen LogP contribution in [0.25, 0.3) is 0 Å². The molecule has 0 saturated heterocycles. The number of amides is 1. The van der Waals surface area contributed by atoms with Crippen LogP contribution in [0.5, 0.6) is 0 Å². The normalized spacial score (nSPS) is 16.7. The maximum Gasteiger partial charge on any atom is 0.243 e. The molecule has 108 valence electrons. The first-order chi connectivity index (χ1) is 10.1. The molecule has 0 aliphatic carbocycles. The van der Waals surface area contributed by atoms with Crippen LogP contribution in [-0.4, -0.2) is 18.5 Å². The Kier molecular flexibility index (Phi) is 3.84. The van der Waals surface area contributed by atoms with Crippen LogP contribution < -0.4 is 10.2 Å². The number of hydrogen-bond donors (Lipinski definition) is 1. The first kappa shape index (κ1) is 14.0. The summed E-state index contributed by atoms with van der Waals surface area (Å²) in [5.74, 6) is -0.0494. The van der Waals surface area contributed by atoms with Gasteiger partial charge < -0.3 is 10.2 Å². The van der Waals surface area contributed by atoms with Crippen LogP contribution in [0.15, 0.2) is 48.5 Å². The summed E-state index contributed by atoms with van der Waals surface area (Å²) in [5.41, 5.74) is 3.11. The van der Waals surface area contributed by atoms with Crippen molar-refractivity contribution >= 4 is 28.9 Å². The smallest absolute Gasteiger partial charge is 0.243 e. The minimum atomic E-state index is -0.0494. The lowest BCUT2D eigenvalue weighted by atomic mass is 10.1. The molecule has 4 heteroatoms. The third-order valence-electron chi connectivity index (χ3n) is 3.81. The number of carbonyl (C=O) groups is 1. The predicted molar refractivity (Wildman–Crippen MR) is 87.0 cm³/mol.